The summed E-state index contributed by atoms with van der Waals surface area (Å²) in [5, 5.41) is 4.67. The van der Waals surface area contributed by atoms with Crippen LogP contribution in [0, 0.1) is 11.7 Å². The molecule has 0 radical (unpaired) electrons. The van der Waals surface area contributed by atoms with E-state index >= 15 is 0 Å². The van der Waals surface area contributed by atoms with Crippen molar-refractivity contribution < 1.29 is 4.39 Å². The standard InChI is InChI=1S/C18H25FN2S/c1-13-8-10-18(11-9-13)17(2,3)21-16(22-18)20-12-14-4-6-15(19)7-5-14/h4-7,13H,8-12H2,1-3H3,(H,20,21). The Morgan fingerprint density at radius 3 is 2.50 bits per heavy atom. The predicted molar refractivity (Wildman–Crippen MR) is 92.7 cm³/mol. The monoisotopic (exact) mass is 320 g/mol. The van der Waals surface area contributed by atoms with Crippen LogP contribution in [0.5, 0.6) is 0 Å². The Kier molecular flexibility index (Phi) is 4.23. The second-order valence-corrected chi connectivity index (χ2v) is 8.65. The summed E-state index contributed by atoms with van der Waals surface area (Å²) in [6.45, 7) is 7.57. The van der Waals surface area contributed by atoms with Gasteiger partial charge in [0, 0.05) is 10.3 Å². The molecule has 1 aromatic carbocycles. The van der Waals surface area contributed by atoms with E-state index in [1.807, 2.05) is 23.9 Å². The maximum Gasteiger partial charge on any atom is 0.157 e. The number of nitrogens with zero attached hydrogens (tertiary/aromatic N) is 1. The largest absolute Gasteiger partial charge is 0.359 e. The molecule has 0 amide bonds. The van der Waals surface area contributed by atoms with Crippen molar-refractivity contribution in [1.29, 1.82) is 0 Å². The lowest BCUT2D eigenvalue weighted by molar-refractivity contribution is 0.231. The maximum absolute atomic E-state index is 12.9. The molecule has 1 aliphatic carbocycles. The normalized spacial score (nSPS) is 32.4. The van der Waals surface area contributed by atoms with Crippen LogP contribution in [0.4, 0.5) is 4.39 Å². The topological polar surface area (TPSA) is 24.4 Å². The van der Waals surface area contributed by atoms with Crippen molar-refractivity contribution in [1.82, 2.24) is 5.32 Å². The van der Waals surface area contributed by atoms with Gasteiger partial charge in [-0.1, -0.05) is 30.8 Å². The highest BCUT2D eigenvalue weighted by Crippen LogP contribution is 2.52. The third-order valence-corrected chi connectivity index (χ3v) is 6.98. The van der Waals surface area contributed by atoms with Gasteiger partial charge >= 0.3 is 0 Å². The van der Waals surface area contributed by atoms with Crippen LogP contribution in [-0.2, 0) is 6.54 Å². The molecule has 0 atom stereocenters. The van der Waals surface area contributed by atoms with Crippen molar-refractivity contribution in [3.63, 3.8) is 0 Å². The van der Waals surface area contributed by atoms with Crippen molar-refractivity contribution in [2.45, 2.75) is 63.3 Å². The molecule has 1 spiro atoms. The van der Waals surface area contributed by atoms with Crippen LogP contribution in [-0.4, -0.2) is 15.5 Å². The molecule has 1 N–H and O–H groups in total. The molecular weight excluding hydrogens is 295 g/mol. The minimum atomic E-state index is -0.193. The van der Waals surface area contributed by atoms with E-state index in [0.29, 0.717) is 6.54 Å². The van der Waals surface area contributed by atoms with Gasteiger partial charge in [0.25, 0.3) is 0 Å². The lowest BCUT2D eigenvalue weighted by atomic mass is 9.73. The quantitative estimate of drug-likeness (QED) is 0.850. The van der Waals surface area contributed by atoms with E-state index < -0.39 is 0 Å². The van der Waals surface area contributed by atoms with Gasteiger partial charge in [-0.25, -0.2) is 4.39 Å². The van der Waals surface area contributed by atoms with Gasteiger partial charge in [-0.05, 0) is 63.1 Å². The minimum Gasteiger partial charge on any atom is -0.359 e. The molecule has 1 saturated carbocycles. The fourth-order valence-corrected chi connectivity index (χ4v) is 5.05. The van der Waals surface area contributed by atoms with Gasteiger partial charge < -0.3 is 5.32 Å². The number of hydrogen-bond acceptors (Lipinski definition) is 2. The lowest BCUT2D eigenvalue weighted by Crippen LogP contribution is -2.52. The number of benzene rings is 1. The maximum atomic E-state index is 12.9. The van der Waals surface area contributed by atoms with Gasteiger partial charge in [0.15, 0.2) is 5.17 Å². The van der Waals surface area contributed by atoms with Crippen molar-refractivity contribution in [3.05, 3.63) is 35.6 Å². The van der Waals surface area contributed by atoms with Gasteiger partial charge in [-0.3, -0.25) is 4.99 Å². The third kappa shape index (κ3) is 3.03. The summed E-state index contributed by atoms with van der Waals surface area (Å²) in [5.74, 6) is 0.656. The Balaban J connectivity index is 1.71. The van der Waals surface area contributed by atoms with E-state index in [4.69, 9.17) is 4.99 Å². The van der Waals surface area contributed by atoms with Crippen molar-refractivity contribution >= 4 is 16.9 Å². The molecule has 2 nitrogen and oxygen atoms in total. The Hall–Kier alpha value is -1.03. The number of halogens is 1. The molecule has 1 saturated heterocycles. The lowest BCUT2D eigenvalue weighted by Gasteiger charge is -2.43. The Labute approximate surface area is 137 Å². The van der Waals surface area contributed by atoms with Crippen LogP contribution in [0.15, 0.2) is 29.3 Å². The average molecular weight is 320 g/mol. The summed E-state index contributed by atoms with van der Waals surface area (Å²) in [5.41, 5.74) is 1.13. The number of thioether (sulfide) groups is 1. The fourth-order valence-electron chi connectivity index (χ4n) is 3.50. The third-order valence-electron chi connectivity index (χ3n) is 5.25. The number of hydrogen-bond donors (Lipinski definition) is 1. The van der Waals surface area contributed by atoms with Crippen LogP contribution in [0.2, 0.25) is 0 Å². The van der Waals surface area contributed by atoms with E-state index in [0.717, 1.165) is 16.6 Å². The smallest absolute Gasteiger partial charge is 0.157 e. The van der Waals surface area contributed by atoms with E-state index in [1.54, 1.807) is 0 Å². The molecule has 22 heavy (non-hydrogen) atoms. The van der Waals surface area contributed by atoms with Gasteiger partial charge in [0.05, 0.1) is 6.54 Å². The Morgan fingerprint density at radius 2 is 1.86 bits per heavy atom. The number of nitrogens with one attached hydrogen (secondary N) is 1. The van der Waals surface area contributed by atoms with Crippen LogP contribution in [0.3, 0.4) is 0 Å². The summed E-state index contributed by atoms with van der Waals surface area (Å²) >= 11 is 1.93. The Morgan fingerprint density at radius 1 is 1.23 bits per heavy atom. The summed E-state index contributed by atoms with van der Waals surface area (Å²) in [6, 6.07) is 6.61. The highest BCUT2D eigenvalue weighted by atomic mass is 32.2. The summed E-state index contributed by atoms with van der Waals surface area (Å²) in [7, 11) is 0. The Bertz CT molecular complexity index is 557. The first kappa shape index (κ1) is 15.9. The first-order valence-corrected chi connectivity index (χ1v) is 8.98. The highest BCUT2D eigenvalue weighted by molar-refractivity contribution is 8.15. The molecule has 2 fully saturated rings. The summed E-state index contributed by atoms with van der Waals surface area (Å²) < 4.78 is 13.2. The second kappa shape index (κ2) is 5.88. The molecule has 120 valence electrons. The molecule has 1 aromatic rings. The fraction of sp³-hybridized carbons (Fsp3) is 0.611. The molecule has 0 bridgehead atoms. The first-order chi connectivity index (χ1) is 10.4. The van der Waals surface area contributed by atoms with E-state index in [9.17, 15) is 4.39 Å². The zero-order valence-electron chi connectivity index (χ0n) is 13.7. The minimum absolute atomic E-state index is 0.0828. The molecule has 1 aliphatic heterocycles. The SMILES string of the molecule is CC1CCC2(CC1)SC(=NCc1ccc(F)cc1)NC2(C)C. The van der Waals surface area contributed by atoms with Gasteiger partial charge in [-0.15, -0.1) is 0 Å². The highest BCUT2D eigenvalue weighted by Gasteiger charge is 2.53. The van der Waals surface area contributed by atoms with Gasteiger partial charge in [0.1, 0.15) is 5.82 Å². The number of rotatable bonds is 2. The predicted octanol–water partition coefficient (Wildman–Crippen LogP) is 4.75. The molecule has 1 heterocycles. The average Bonchev–Trinajstić information content (AvgIpc) is 2.72. The van der Waals surface area contributed by atoms with Crippen LogP contribution in [0.1, 0.15) is 52.0 Å². The molecule has 2 aliphatic rings. The van der Waals surface area contributed by atoms with E-state index in [2.05, 4.69) is 26.1 Å². The zero-order chi connectivity index (χ0) is 15.8. The van der Waals surface area contributed by atoms with Crippen LogP contribution in [0.25, 0.3) is 0 Å². The molecule has 0 unspecified atom stereocenters. The van der Waals surface area contributed by atoms with Crippen LogP contribution >= 0.6 is 11.8 Å². The molecular formula is C18H25FN2S. The molecule has 3 rings (SSSR count). The van der Waals surface area contributed by atoms with Crippen molar-refractivity contribution in [3.8, 4) is 0 Å². The number of amidine groups is 1. The van der Waals surface area contributed by atoms with Crippen LogP contribution < -0.4 is 5.32 Å². The summed E-state index contributed by atoms with van der Waals surface area (Å²) in [4.78, 5) is 4.73. The van der Waals surface area contributed by atoms with Gasteiger partial charge in [-0.2, -0.15) is 0 Å². The second-order valence-electron chi connectivity index (χ2n) is 7.28. The van der Waals surface area contributed by atoms with E-state index in [-0.39, 0.29) is 16.1 Å². The van der Waals surface area contributed by atoms with Gasteiger partial charge in [0.2, 0.25) is 0 Å². The molecule has 4 heteroatoms. The number of aliphatic imine (C=N–C) groups is 1. The summed E-state index contributed by atoms with van der Waals surface area (Å²) in [6.07, 6.45) is 5.13. The molecule has 0 aromatic heterocycles. The van der Waals surface area contributed by atoms with Crippen molar-refractivity contribution in [2.75, 3.05) is 0 Å². The van der Waals surface area contributed by atoms with Crippen molar-refractivity contribution in [2.24, 2.45) is 10.9 Å². The first-order valence-electron chi connectivity index (χ1n) is 8.16. The zero-order valence-corrected chi connectivity index (χ0v) is 14.5. The van der Waals surface area contributed by atoms with E-state index in [1.165, 1.54) is 37.8 Å².